The maximum Gasteiger partial charge on any atom is 0.343 e. The SMILES string of the molecule is COC(=O)C1(CC(=O)O)OCC2=C1C(=O)c1ccccc1C2=O. The van der Waals surface area contributed by atoms with Crippen LogP contribution < -0.4 is 0 Å². The zero-order chi connectivity index (χ0) is 16.8. The smallest absolute Gasteiger partial charge is 0.343 e. The number of fused-ring (bicyclic) bond motifs is 1. The monoisotopic (exact) mass is 316 g/mol. The molecule has 1 aromatic carbocycles. The summed E-state index contributed by atoms with van der Waals surface area (Å²) in [6, 6.07) is 6.17. The van der Waals surface area contributed by atoms with Crippen LogP contribution in [0.25, 0.3) is 0 Å². The van der Waals surface area contributed by atoms with Crippen molar-refractivity contribution in [2.75, 3.05) is 13.7 Å². The van der Waals surface area contributed by atoms with Gasteiger partial charge in [-0.1, -0.05) is 24.3 Å². The molecule has 1 atom stereocenters. The van der Waals surface area contributed by atoms with Crippen molar-refractivity contribution in [3.63, 3.8) is 0 Å². The van der Waals surface area contributed by atoms with Gasteiger partial charge in [0.05, 0.1) is 25.7 Å². The normalized spacial score (nSPS) is 22.7. The Morgan fingerprint density at radius 1 is 1.22 bits per heavy atom. The fraction of sp³-hybridized carbons (Fsp3) is 0.250. The van der Waals surface area contributed by atoms with Crippen molar-refractivity contribution < 1.29 is 33.8 Å². The number of hydrogen-bond donors (Lipinski definition) is 1. The van der Waals surface area contributed by atoms with Gasteiger partial charge in [-0.05, 0) is 0 Å². The molecule has 0 fully saturated rings. The average molecular weight is 316 g/mol. The highest BCUT2D eigenvalue weighted by Crippen LogP contribution is 2.42. The van der Waals surface area contributed by atoms with E-state index >= 15 is 0 Å². The summed E-state index contributed by atoms with van der Waals surface area (Å²) in [4.78, 5) is 48.7. The molecule has 1 aromatic rings. The van der Waals surface area contributed by atoms with Crippen LogP contribution in [0.1, 0.15) is 27.1 Å². The van der Waals surface area contributed by atoms with E-state index in [0.717, 1.165) is 7.11 Å². The first-order chi connectivity index (χ1) is 10.9. The molecule has 1 unspecified atom stereocenters. The molecule has 0 saturated heterocycles. The van der Waals surface area contributed by atoms with Gasteiger partial charge in [0.15, 0.2) is 11.6 Å². The number of ether oxygens (including phenoxy) is 2. The van der Waals surface area contributed by atoms with Crippen molar-refractivity contribution in [3.05, 3.63) is 46.5 Å². The molecule has 1 aliphatic carbocycles. The van der Waals surface area contributed by atoms with Crippen molar-refractivity contribution >= 4 is 23.5 Å². The van der Waals surface area contributed by atoms with E-state index in [1.807, 2.05) is 0 Å². The maximum atomic E-state index is 12.8. The van der Waals surface area contributed by atoms with Gasteiger partial charge in [-0.3, -0.25) is 14.4 Å². The number of esters is 1. The summed E-state index contributed by atoms with van der Waals surface area (Å²) in [5.74, 6) is -3.38. The minimum Gasteiger partial charge on any atom is -0.481 e. The molecule has 7 nitrogen and oxygen atoms in total. The van der Waals surface area contributed by atoms with Crippen LogP contribution in [0, 0.1) is 0 Å². The number of carboxylic acid groups (broad SMARTS) is 1. The molecule has 0 aromatic heterocycles. The zero-order valence-electron chi connectivity index (χ0n) is 12.1. The van der Waals surface area contributed by atoms with Gasteiger partial charge < -0.3 is 14.6 Å². The lowest BCUT2D eigenvalue weighted by Crippen LogP contribution is -2.46. The first-order valence-electron chi connectivity index (χ1n) is 6.78. The molecule has 1 N–H and O–H groups in total. The van der Waals surface area contributed by atoms with E-state index in [1.54, 1.807) is 12.1 Å². The summed E-state index contributed by atoms with van der Waals surface area (Å²) in [6.07, 6.45) is -0.792. The molecule has 23 heavy (non-hydrogen) atoms. The maximum absolute atomic E-state index is 12.8. The molecule has 0 spiro atoms. The van der Waals surface area contributed by atoms with Crippen LogP contribution in [0.4, 0.5) is 0 Å². The van der Waals surface area contributed by atoms with Gasteiger partial charge in [-0.25, -0.2) is 4.79 Å². The predicted octanol–water partition coefficient (Wildman–Crippen LogP) is 0.779. The number of methoxy groups -OCH3 is 1. The summed E-state index contributed by atoms with van der Waals surface area (Å²) >= 11 is 0. The molecule has 7 heteroatoms. The topological polar surface area (TPSA) is 107 Å². The third-order valence-electron chi connectivity index (χ3n) is 4.00. The van der Waals surface area contributed by atoms with Crippen molar-refractivity contribution in [3.8, 4) is 0 Å². The van der Waals surface area contributed by atoms with Gasteiger partial charge in [-0.15, -0.1) is 0 Å². The lowest BCUT2D eigenvalue weighted by atomic mass is 9.77. The van der Waals surface area contributed by atoms with Crippen LogP contribution in [0.15, 0.2) is 35.4 Å². The standard InChI is InChI=1S/C16H12O7/c1-22-15(21)16(6-11(17)18)12-10(7-23-16)13(19)8-4-2-3-5-9(8)14(12)20/h2-5H,6-7H2,1H3,(H,17,18). The Hall–Kier alpha value is -2.80. The molecular weight excluding hydrogens is 304 g/mol. The first-order valence-corrected chi connectivity index (χ1v) is 6.78. The summed E-state index contributed by atoms with van der Waals surface area (Å²) in [5.41, 5.74) is -1.96. The second kappa shape index (κ2) is 5.13. The number of aliphatic carboxylic acids is 1. The van der Waals surface area contributed by atoms with E-state index in [-0.39, 0.29) is 28.9 Å². The molecular formula is C16H12O7. The minimum absolute atomic E-state index is 0.0142. The second-order valence-corrected chi connectivity index (χ2v) is 5.24. The first kappa shape index (κ1) is 15.1. The van der Waals surface area contributed by atoms with E-state index in [1.165, 1.54) is 12.1 Å². The van der Waals surface area contributed by atoms with Gasteiger partial charge in [0.2, 0.25) is 5.60 Å². The Bertz CT molecular complexity index is 789. The summed E-state index contributed by atoms with van der Waals surface area (Å²) in [7, 11) is 1.07. The number of carboxylic acids is 1. The van der Waals surface area contributed by atoms with E-state index in [9.17, 15) is 19.2 Å². The Kier molecular flexibility index (Phi) is 3.37. The molecule has 0 saturated carbocycles. The largest absolute Gasteiger partial charge is 0.481 e. The Labute approximate surface area is 130 Å². The van der Waals surface area contributed by atoms with Crippen LogP contribution in [-0.2, 0) is 19.1 Å². The molecule has 1 heterocycles. The fourth-order valence-corrected chi connectivity index (χ4v) is 3.01. The molecule has 0 amide bonds. The average Bonchev–Trinajstić information content (AvgIpc) is 2.92. The van der Waals surface area contributed by atoms with Gasteiger partial charge >= 0.3 is 11.9 Å². The third-order valence-corrected chi connectivity index (χ3v) is 4.00. The number of carbonyl (C=O) groups is 4. The van der Waals surface area contributed by atoms with Gasteiger partial charge in [0.25, 0.3) is 0 Å². The summed E-state index contributed by atoms with van der Waals surface area (Å²) in [6.45, 7) is -0.309. The van der Waals surface area contributed by atoms with E-state index in [0.29, 0.717) is 0 Å². The molecule has 0 radical (unpaired) electrons. The number of benzene rings is 1. The zero-order valence-corrected chi connectivity index (χ0v) is 12.1. The lowest BCUT2D eigenvalue weighted by molar-refractivity contribution is -0.166. The van der Waals surface area contributed by atoms with Crippen molar-refractivity contribution in [1.82, 2.24) is 0 Å². The highest BCUT2D eigenvalue weighted by atomic mass is 16.6. The Balaban J connectivity index is 2.22. The van der Waals surface area contributed by atoms with Crippen LogP contribution in [0.5, 0.6) is 0 Å². The summed E-state index contributed by atoms with van der Waals surface area (Å²) < 4.78 is 9.99. The van der Waals surface area contributed by atoms with Gasteiger partial charge in [0, 0.05) is 16.7 Å². The molecule has 1 aliphatic heterocycles. The predicted molar refractivity (Wildman–Crippen MR) is 75.1 cm³/mol. The van der Waals surface area contributed by atoms with E-state index < -0.39 is 35.5 Å². The summed E-state index contributed by atoms with van der Waals surface area (Å²) in [5, 5.41) is 9.11. The number of hydrogen-bond acceptors (Lipinski definition) is 6. The van der Waals surface area contributed by atoms with Crippen LogP contribution in [0.2, 0.25) is 0 Å². The molecule has 2 aliphatic rings. The number of ketones is 2. The Morgan fingerprint density at radius 3 is 2.39 bits per heavy atom. The van der Waals surface area contributed by atoms with Crippen molar-refractivity contribution in [2.45, 2.75) is 12.0 Å². The van der Waals surface area contributed by atoms with Crippen molar-refractivity contribution in [1.29, 1.82) is 0 Å². The molecule has 0 bridgehead atoms. The number of rotatable bonds is 3. The quantitative estimate of drug-likeness (QED) is 0.821. The van der Waals surface area contributed by atoms with Crippen LogP contribution in [-0.4, -0.2) is 47.9 Å². The molecule has 3 rings (SSSR count). The van der Waals surface area contributed by atoms with Crippen molar-refractivity contribution in [2.24, 2.45) is 0 Å². The van der Waals surface area contributed by atoms with Gasteiger partial charge in [0.1, 0.15) is 0 Å². The Morgan fingerprint density at radius 2 is 1.83 bits per heavy atom. The minimum atomic E-state index is -2.09. The lowest BCUT2D eigenvalue weighted by Gasteiger charge is -2.27. The number of carbonyl (C=O) groups excluding carboxylic acids is 3. The fourth-order valence-electron chi connectivity index (χ4n) is 3.01. The highest BCUT2D eigenvalue weighted by Gasteiger charge is 2.57. The van der Waals surface area contributed by atoms with Gasteiger partial charge in [-0.2, -0.15) is 0 Å². The number of Topliss-reactive ketones (excluding diaryl/α,β-unsaturated/α-hetero) is 2. The highest BCUT2D eigenvalue weighted by molar-refractivity contribution is 6.30. The molecule has 118 valence electrons. The van der Waals surface area contributed by atoms with Crippen LogP contribution >= 0.6 is 0 Å². The van der Waals surface area contributed by atoms with E-state index in [2.05, 4.69) is 4.74 Å². The van der Waals surface area contributed by atoms with Crippen LogP contribution in [0.3, 0.4) is 0 Å². The van der Waals surface area contributed by atoms with E-state index in [4.69, 9.17) is 9.84 Å². The second-order valence-electron chi connectivity index (χ2n) is 5.24. The third kappa shape index (κ3) is 2.01.